The van der Waals surface area contributed by atoms with Crippen molar-refractivity contribution in [3.8, 4) is 12.5 Å². The van der Waals surface area contributed by atoms with Crippen molar-refractivity contribution in [1.29, 1.82) is 0 Å². The molecule has 8 heavy (non-hydrogen) atoms. The topological polar surface area (TPSA) is 59.6 Å². The van der Waals surface area contributed by atoms with Crippen molar-refractivity contribution < 1.29 is 4.84 Å². The maximum absolute atomic E-state index is 10.1. The van der Waals surface area contributed by atoms with Gasteiger partial charge in [-0.3, -0.25) is 10.3 Å². The molecule has 5 heteroatoms. The van der Waals surface area contributed by atoms with Crippen LogP contribution in [0.2, 0.25) is 0 Å². The van der Waals surface area contributed by atoms with Gasteiger partial charge in [0.25, 0.3) is 0 Å². The summed E-state index contributed by atoms with van der Waals surface area (Å²) in [6.07, 6.45) is 4.66. The molecule has 0 aromatic carbocycles. The van der Waals surface area contributed by atoms with Crippen LogP contribution < -0.4 is 11.0 Å². The molecular weight excluding hydrogens is 110 g/mol. The zero-order valence-corrected chi connectivity index (χ0v) is 4.34. The van der Waals surface area contributed by atoms with Gasteiger partial charge in [0.1, 0.15) is 0 Å². The van der Waals surface area contributed by atoms with Crippen LogP contribution in [0, 0.1) is 17.7 Å². The highest BCUT2D eigenvalue weighted by Crippen LogP contribution is 1.62. The molecule has 0 aromatic rings. The third kappa shape index (κ3) is 3.39. The standard InChI is InChI=1S/C3H6N3O2/c1-3-4-6(7)5-8-2/h1,4-5H,2H3/q-1. The van der Waals surface area contributed by atoms with E-state index in [0.717, 1.165) is 0 Å². The van der Waals surface area contributed by atoms with E-state index in [2.05, 4.69) is 11.3 Å². The SMILES string of the molecule is C#CNN([O-])NOC. The van der Waals surface area contributed by atoms with Gasteiger partial charge in [0, 0.05) is 6.04 Å². The Morgan fingerprint density at radius 1 is 1.88 bits per heavy atom. The molecule has 2 N–H and O–H groups in total. The molecule has 46 valence electrons. The fraction of sp³-hybridized carbons (Fsp3) is 0.333. The van der Waals surface area contributed by atoms with Crippen LogP contribution >= 0.6 is 0 Å². The Kier molecular flexibility index (Phi) is 3.93. The molecule has 5 nitrogen and oxygen atoms in total. The molecule has 0 amide bonds. The Labute approximate surface area is 47.1 Å². The van der Waals surface area contributed by atoms with Crippen LogP contribution in [0.5, 0.6) is 0 Å². The van der Waals surface area contributed by atoms with E-state index in [9.17, 15) is 5.21 Å². The molecule has 0 saturated carbocycles. The molecule has 0 saturated heterocycles. The van der Waals surface area contributed by atoms with E-state index in [-0.39, 0.29) is 5.28 Å². The average Bonchev–Trinajstić information content (AvgIpc) is 1.68. The molecule has 0 aromatic heterocycles. The number of rotatable bonds is 3. The van der Waals surface area contributed by atoms with Crippen LogP contribution in [0.3, 0.4) is 0 Å². The van der Waals surface area contributed by atoms with E-state index >= 15 is 0 Å². The van der Waals surface area contributed by atoms with Crippen LogP contribution in [0.4, 0.5) is 0 Å². The van der Waals surface area contributed by atoms with Gasteiger partial charge >= 0.3 is 0 Å². The summed E-state index contributed by atoms with van der Waals surface area (Å²) >= 11 is 0. The molecular formula is C3H6N3O2-. The minimum Gasteiger partial charge on any atom is -0.751 e. The summed E-state index contributed by atoms with van der Waals surface area (Å²) in [5.74, 6) is 0. The predicted octanol–water partition coefficient (Wildman–Crippen LogP) is -1.05. The van der Waals surface area contributed by atoms with Gasteiger partial charge in [0.05, 0.1) is 7.11 Å². The Balaban J connectivity index is 3.08. The second-order valence-electron chi connectivity index (χ2n) is 0.846. The molecule has 0 aliphatic carbocycles. The highest BCUT2D eigenvalue weighted by atomic mass is 16.8. The third-order valence-electron chi connectivity index (χ3n) is 0.340. The predicted molar refractivity (Wildman–Crippen MR) is 27.3 cm³/mol. The van der Waals surface area contributed by atoms with Crippen LogP contribution in [0.25, 0.3) is 0 Å². The second kappa shape index (κ2) is 4.36. The lowest BCUT2D eigenvalue weighted by atomic mass is 11.2. The van der Waals surface area contributed by atoms with Crippen LogP contribution in [0.15, 0.2) is 0 Å². The zero-order valence-electron chi connectivity index (χ0n) is 4.34. The molecule has 0 aliphatic rings. The molecule has 0 heterocycles. The molecule has 0 bridgehead atoms. The maximum Gasteiger partial charge on any atom is 0.0589 e. The summed E-state index contributed by atoms with van der Waals surface area (Å²) in [5.41, 5.74) is 3.79. The molecule has 0 aliphatic heterocycles. The number of hydrogen-bond donors (Lipinski definition) is 2. The molecule has 0 spiro atoms. The molecule has 0 radical (unpaired) electrons. The van der Waals surface area contributed by atoms with Crippen molar-refractivity contribution in [3.63, 3.8) is 0 Å². The fourth-order valence-corrected chi connectivity index (χ4v) is 0.164. The number of hydrazine groups is 2. The average molecular weight is 116 g/mol. The first kappa shape index (κ1) is 7.20. The van der Waals surface area contributed by atoms with Gasteiger partial charge in [-0.25, -0.2) is 0 Å². The quantitative estimate of drug-likeness (QED) is 0.280. The number of terminal acetylenes is 1. The smallest absolute Gasteiger partial charge is 0.0589 e. The number of hydrogen-bond acceptors (Lipinski definition) is 5. The summed E-state index contributed by atoms with van der Waals surface area (Å²) in [6, 6.07) is 1.87. The maximum atomic E-state index is 10.1. The normalized spacial score (nSPS) is 8.75. The van der Waals surface area contributed by atoms with E-state index in [1.165, 1.54) is 7.11 Å². The van der Waals surface area contributed by atoms with Crippen molar-refractivity contribution in [2.75, 3.05) is 7.11 Å². The Morgan fingerprint density at radius 2 is 2.50 bits per heavy atom. The minimum absolute atomic E-state index is 0.153. The monoisotopic (exact) mass is 116 g/mol. The largest absolute Gasteiger partial charge is 0.751 e. The van der Waals surface area contributed by atoms with Gasteiger partial charge in [-0.05, 0) is 0 Å². The summed E-state index contributed by atoms with van der Waals surface area (Å²) < 4.78 is 0. The molecule has 0 rings (SSSR count). The van der Waals surface area contributed by atoms with Gasteiger partial charge in [0.15, 0.2) is 0 Å². The van der Waals surface area contributed by atoms with E-state index in [1.807, 2.05) is 17.1 Å². The molecule has 0 unspecified atom stereocenters. The van der Waals surface area contributed by atoms with E-state index in [0.29, 0.717) is 0 Å². The third-order valence-corrected chi connectivity index (χ3v) is 0.340. The molecule has 0 fully saturated rings. The first-order valence-electron chi connectivity index (χ1n) is 1.78. The van der Waals surface area contributed by atoms with Crippen molar-refractivity contribution in [3.05, 3.63) is 5.21 Å². The first-order chi connectivity index (χ1) is 3.81. The highest BCUT2D eigenvalue weighted by Gasteiger charge is 1.76. The zero-order chi connectivity index (χ0) is 6.41. The van der Waals surface area contributed by atoms with Gasteiger partial charge in [-0.2, -0.15) is 5.28 Å². The minimum atomic E-state index is 0.153. The lowest BCUT2D eigenvalue weighted by Gasteiger charge is -2.24. The Bertz CT molecular complexity index is 89.0. The van der Waals surface area contributed by atoms with E-state index in [1.54, 1.807) is 0 Å². The lowest BCUT2D eigenvalue weighted by Crippen LogP contribution is -2.40. The second-order valence-corrected chi connectivity index (χ2v) is 0.846. The highest BCUT2D eigenvalue weighted by molar-refractivity contribution is 4.76. The molecule has 0 atom stereocenters. The van der Waals surface area contributed by atoms with Gasteiger partial charge < -0.3 is 5.21 Å². The van der Waals surface area contributed by atoms with Crippen molar-refractivity contribution in [1.82, 2.24) is 16.3 Å². The van der Waals surface area contributed by atoms with Crippen LogP contribution in [-0.4, -0.2) is 12.4 Å². The van der Waals surface area contributed by atoms with E-state index < -0.39 is 0 Å². The van der Waals surface area contributed by atoms with E-state index in [4.69, 9.17) is 0 Å². The van der Waals surface area contributed by atoms with Crippen LogP contribution in [0.1, 0.15) is 0 Å². The summed E-state index contributed by atoms with van der Waals surface area (Å²) in [6.45, 7) is 0. The van der Waals surface area contributed by atoms with Gasteiger partial charge in [-0.1, -0.05) is 6.42 Å². The van der Waals surface area contributed by atoms with Crippen molar-refractivity contribution in [2.24, 2.45) is 0 Å². The van der Waals surface area contributed by atoms with Crippen molar-refractivity contribution >= 4 is 0 Å². The Hall–Kier alpha value is -0.800. The first-order valence-corrected chi connectivity index (χ1v) is 1.78. The summed E-state index contributed by atoms with van der Waals surface area (Å²) in [4.78, 5) is 4.16. The van der Waals surface area contributed by atoms with Crippen LogP contribution in [-0.2, 0) is 4.84 Å². The summed E-state index contributed by atoms with van der Waals surface area (Å²) in [7, 11) is 1.29. The lowest BCUT2D eigenvalue weighted by molar-refractivity contribution is -0.0447. The number of nitrogens with one attached hydrogen (secondary N) is 2. The summed E-state index contributed by atoms with van der Waals surface area (Å²) in [5, 5.41) is 10.2. The Morgan fingerprint density at radius 3 is 2.88 bits per heavy atom. The van der Waals surface area contributed by atoms with Gasteiger partial charge in [-0.15, -0.1) is 5.59 Å². The van der Waals surface area contributed by atoms with Gasteiger partial charge in [0.2, 0.25) is 0 Å². The van der Waals surface area contributed by atoms with Crippen molar-refractivity contribution in [2.45, 2.75) is 0 Å². The fourth-order valence-electron chi connectivity index (χ4n) is 0.164. The number of nitrogens with zero attached hydrogens (tertiary/aromatic N) is 1.